The summed E-state index contributed by atoms with van der Waals surface area (Å²) in [6, 6.07) is 3.04. The molecule has 0 radical (unpaired) electrons. The Kier molecular flexibility index (Phi) is 3.91. The zero-order chi connectivity index (χ0) is 16.8. The van der Waals surface area contributed by atoms with Crippen LogP contribution in [0.15, 0.2) is 46.1 Å². The molecule has 1 aliphatic rings. The van der Waals surface area contributed by atoms with E-state index < -0.39 is 20.6 Å². The Bertz CT molecular complexity index is 978. The molecule has 0 aliphatic heterocycles. The summed E-state index contributed by atoms with van der Waals surface area (Å²) < 4.78 is 40.1. The smallest absolute Gasteiger partial charge is 0.249 e. The maximum absolute atomic E-state index is 13.8. The van der Waals surface area contributed by atoms with Crippen LogP contribution in [-0.2, 0) is 10.0 Å². The van der Waals surface area contributed by atoms with Gasteiger partial charge in [0.05, 0.1) is 0 Å². The summed E-state index contributed by atoms with van der Waals surface area (Å²) >= 11 is 1.93. The first-order valence-electron chi connectivity index (χ1n) is 6.69. The van der Waals surface area contributed by atoms with E-state index >= 15 is 0 Å². The van der Waals surface area contributed by atoms with Gasteiger partial charge in [0.15, 0.2) is 11.9 Å². The molecule has 0 N–H and O–H groups in total. The van der Waals surface area contributed by atoms with Gasteiger partial charge in [-0.05, 0) is 57.4 Å². The van der Waals surface area contributed by atoms with Crippen molar-refractivity contribution >= 4 is 49.9 Å². The third kappa shape index (κ3) is 2.53. The van der Waals surface area contributed by atoms with E-state index in [9.17, 15) is 17.6 Å². The predicted octanol–water partition coefficient (Wildman–Crippen LogP) is 3.36. The molecule has 1 unspecified atom stereocenters. The molecule has 0 saturated carbocycles. The van der Waals surface area contributed by atoms with Crippen LogP contribution in [0.2, 0.25) is 0 Å². The average molecular weight is 446 g/mol. The van der Waals surface area contributed by atoms with E-state index in [2.05, 4.69) is 4.98 Å². The Morgan fingerprint density at radius 3 is 2.83 bits per heavy atom. The molecule has 8 heteroatoms. The minimum absolute atomic E-state index is 0.161. The van der Waals surface area contributed by atoms with Crippen LogP contribution in [0.25, 0.3) is 11.0 Å². The Balaban J connectivity index is 2.22. The van der Waals surface area contributed by atoms with Crippen LogP contribution in [0.5, 0.6) is 0 Å². The number of hydrogen-bond donors (Lipinski definition) is 0. The van der Waals surface area contributed by atoms with E-state index in [-0.39, 0.29) is 12.1 Å². The summed E-state index contributed by atoms with van der Waals surface area (Å²) in [5.41, 5.74) is 0.517. The number of hydrogen-bond acceptors (Lipinski definition) is 4. The first-order chi connectivity index (χ1) is 10.8. The van der Waals surface area contributed by atoms with Gasteiger partial charge in [0, 0.05) is 29.8 Å². The van der Waals surface area contributed by atoms with Crippen molar-refractivity contribution in [2.45, 2.75) is 18.1 Å². The first kappa shape index (κ1) is 16.3. The van der Waals surface area contributed by atoms with Crippen LogP contribution < -0.4 is 0 Å². The predicted molar refractivity (Wildman–Crippen MR) is 93.8 cm³/mol. The number of rotatable bonds is 3. The fourth-order valence-electron chi connectivity index (χ4n) is 2.64. The molecule has 2 aromatic heterocycles. The fraction of sp³-hybridized carbons (Fsp3) is 0.200. The number of fused-ring (bicyclic) bond motifs is 1. The van der Waals surface area contributed by atoms with E-state index in [1.54, 1.807) is 0 Å². The quantitative estimate of drug-likeness (QED) is 0.536. The second-order valence-corrected chi connectivity index (χ2v) is 9.14. The maximum Gasteiger partial charge on any atom is 0.249 e. The zero-order valence-electron chi connectivity index (χ0n) is 12.0. The molecule has 1 atom stereocenters. The molecule has 2 heterocycles. The van der Waals surface area contributed by atoms with Gasteiger partial charge >= 0.3 is 0 Å². The molecule has 3 rings (SSSR count). The number of nitrogens with zero attached hydrogens (tertiary/aromatic N) is 2. The van der Waals surface area contributed by atoms with Crippen LogP contribution in [0.1, 0.15) is 23.7 Å². The largest absolute Gasteiger partial charge is 0.298 e. The highest BCUT2D eigenvalue weighted by atomic mass is 127. The average Bonchev–Trinajstić information content (AvgIpc) is 2.89. The highest BCUT2D eigenvalue weighted by Gasteiger charge is 2.42. The van der Waals surface area contributed by atoms with Crippen molar-refractivity contribution in [3.05, 3.63) is 51.6 Å². The van der Waals surface area contributed by atoms with E-state index in [1.165, 1.54) is 37.5 Å². The molecular formula is C15H12FIN2O3S. The molecule has 0 aromatic carbocycles. The number of carbonyl (C=O) groups excluding carboxylic acids is 1. The van der Waals surface area contributed by atoms with Gasteiger partial charge in [0.1, 0.15) is 10.6 Å². The second kappa shape index (κ2) is 5.52. The van der Waals surface area contributed by atoms with E-state index in [0.29, 0.717) is 20.8 Å². The summed E-state index contributed by atoms with van der Waals surface area (Å²) in [7, 11) is -3.96. The summed E-state index contributed by atoms with van der Waals surface area (Å²) in [4.78, 5) is 15.2. The van der Waals surface area contributed by atoms with Crippen molar-refractivity contribution in [2.75, 3.05) is 0 Å². The third-order valence-corrected chi connectivity index (χ3v) is 6.77. The molecule has 1 aliphatic carbocycles. The lowest BCUT2D eigenvalue weighted by Gasteiger charge is -2.28. The first-order valence-corrected chi connectivity index (χ1v) is 9.21. The van der Waals surface area contributed by atoms with Crippen molar-refractivity contribution in [2.24, 2.45) is 0 Å². The van der Waals surface area contributed by atoms with Crippen molar-refractivity contribution in [3.63, 3.8) is 0 Å². The van der Waals surface area contributed by atoms with Crippen LogP contribution in [-0.4, -0.2) is 28.4 Å². The SMILES string of the molecule is CC1(S(=O)(=O)n2ccc3c(C=O)ccnc32)C=C(F)C=C(I)C1. The highest BCUT2D eigenvalue weighted by molar-refractivity contribution is 14.1. The molecule has 0 spiro atoms. The zero-order valence-corrected chi connectivity index (χ0v) is 15.0. The van der Waals surface area contributed by atoms with Crippen LogP contribution in [0, 0.1) is 0 Å². The van der Waals surface area contributed by atoms with Crippen molar-refractivity contribution in [1.29, 1.82) is 0 Å². The number of aldehydes is 1. The van der Waals surface area contributed by atoms with Gasteiger partial charge in [-0.15, -0.1) is 0 Å². The lowest BCUT2D eigenvalue weighted by Crippen LogP contribution is -2.39. The Labute approximate surface area is 146 Å². The molecule has 5 nitrogen and oxygen atoms in total. The Morgan fingerprint density at radius 1 is 1.43 bits per heavy atom. The molecule has 23 heavy (non-hydrogen) atoms. The van der Waals surface area contributed by atoms with E-state index in [4.69, 9.17) is 0 Å². The minimum Gasteiger partial charge on any atom is -0.298 e. The summed E-state index contributed by atoms with van der Waals surface area (Å²) in [5, 5.41) is 0.445. The van der Waals surface area contributed by atoms with Gasteiger partial charge < -0.3 is 0 Å². The summed E-state index contributed by atoms with van der Waals surface area (Å²) in [6.07, 6.45) is 5.97. The molecule has 0 bridgehead atoms. The maximum atomic E-state index is 13.8. The molecule has 0 saturated heterocycles. The monoisotopic (exact) mass is 446 g/mol. The third-order valence-electron chi connectivity index (χ3n) is 3.82. The van der Waals surface area contributed by atoms with Gasteiger partial charge in [-0.2, -0.15) is 0 Å². The highest BCUT2D eigenvalue weighted by Crippen LogP contribution is 2.38. The Morgan fingerprint density at radius 2 is 2.17 bits per heavy atom. The summed E-state index contributed by atoms with van der Waals surface area (Å²) in [5.74, 6) is -0.579. The molecule has 0 fully saturated rings. The number of allylic oxidation sites excluding steroid dienone is 3. The van der Waals surface area contributed by atoms with Crippen LogP contribution in [0.3, 0.4) is 0 Å². The standard InChI is InChI=1S/C15H12FIN2O3S/c1-15(7-11(16)6-12(17)8-15)23(21,22)19-5-3-13-10(9-20)2-4-18-14(13)19/h2-7,9H,8H2,1H3. The minimum atomic E-state index is -3.96. The number of halogens is 2. The van der Waals surface area contributed by atoms with Gasteiger partial charge in [-0.3, -0.25) is 4.79 Å². The Hall–Kier alpha value is -1.55. The second-order valence-electron chi connectivity index (χ2n) is 5.48. The molecule has 120 valence electrons. The molecule has 2 aromatic rings. The van der Waals surface area contributed by atoms with Crippen LogP contribution >= 0.6 is 22.6 Å². The molecular weight excluding hydrogens is 434 g/mol. The fourth-order valence-corrected chi connectivity index (χ4v) is 5.63. The summed E-state index contributed by atoms with van der Waals surface area (Å²) in [6.45, 7) is 1.48. The van der Waals surface area contributed by atoms with E-state index in [0.717, 1.165) is 10.0 Å². The number of pyridine rings is 1. The van der Waals surface area contributed by atoms with Crippen molar-refractivity contribution < 1.29 is 17.6 Å². The topological polar surface area (TPSA) is 69.0 Å². The number of aromatic nitrogens is 2. The number of carbonyl (C=O) groups is 1. The van der Waals surface area contributed by atoms with Gasteiger partial charge in [0.2, 0.25) is 10.0 Å². The van der Waals surface area contributed by atoms with Gasteiger partial charge in [-0.1, -0.05) is 0 Å². The lowest BCUT2D eigenvalue weighted by molar-refractivity contribution is 0.112. The molecule has 0 amide bonds. The van der Waals surface area contributed by atoms with Gasteiger partial charge in [-0.25, -0.2) is 21.8 Å². The lowest BCUT2D eigenvalue weighted by atomic mass is 10.0. The van der Waals surface area contributed by atoms with Gasteiger partial charge in [0.25, 0.3) is 0 Å². The van der Waals surface area contributed by atoms with Crippen molar-refractivity contribution in [3.8, 4) is 0 Å². The van der Waals surface area contributed by atoms with Crippen LogP contribution in [0.4, 0.5) is 4.39 Å². The van der Waals surface area contributed by atoms with Crippen molar-refractivity contribution in [1.82, 2.24) is 8.96 Å². The normalized spacial score (nSPS) is 21.9. The van der Waals surface area contributed by atoms with E-state index in [1.807, 2.05) is 22.6 Å².